The van der Waals surface area contributed by atoms with Crippen LogP contribution in [0.1, 0.15) is 46.5 Å². The minimum atomic E-state index is -0.977. The van der Waals surface area contributed by atoms with Crippen molar-refractivity contribution in [2.24, 2.45) is 0 Å². The molecule has 0 saturated heterocycles. The molecule has 20 heavy (non-hydrogen) atoms. The number of aromatic carboxylic acids is 1. The Morgan fingerprint density at radius 2 is 2.30 bits per heavy atom. The number of carbonyl (C=O) groups is 1. The number of carboxylic acids is 1. The number of nitrogens with zero attached hydrogens (tertiary/aromatic N) is 2. The molecule has 0 atom stereocenters. The van der Waals surface area contributed by atoms with Crippen LogP contribution in [0.3, 0.4) is 0 Å². The van der Waals surface area contributed by atoms with E-state index in [1.807, 2.05) is 13.8 Å². The van der Waals surface area contributed by atoms with E-state index in [9.17, 15) is 4.79 Å². The van der Waals surface area contributed by atoms with E-state index >= 15 is 0 Å². The second-order valence-electron chi connectivity index (χ2n) is 4.21. The van der Waals surface area contributed by atoms with Gasteiger partial charge in [0.05, 0.1) is 0 Å². The quantitative estimate of drug-likeness (QED) is 0.845. The minimum absolute atomic E-state index is 0.103. The summed E-state index contributed by atoms with van der Waals surface area (Å²) in [5.74, 6) is 0.351. The third-order valence-electron chi connectivity index (χ3n) is 2.61. The van der Waals surface area contributed by atoms with Crippen molar-refractivity contribution in [1.29, 1.82) is 0 Å². The van der Waals surface area contributed by atoms with Crippen LogP contribution in [0.25, 0.3) is 0 Å². The molecule has 2 aromatic rings. The Hall–Kier alpha value is -1.89. The fraction of sp³-hybridized carbons (Fsp3) is 0.462. The average Bonchev–Trinajstić information content (AvgIpc) is 3.03. The van der Waals surface area contributed by atoms with Crippen molar-refractivity contribution in [2.75, 3.05) is 0 Å². The minimum Gasteiger partial charge on any atom is -0.484 e. The molecule has 2 rings (SSSR count). The van der Waals surface area contributed by atoms with Gasteiger partial charge in [0.2, 0.25) is 11.7 Å². The molecular weight excluding hydrogens is 280 g/mol. The molecular formula is C13H16N2O4S. The Morgan fingerprint density at radius 3 is 2.90 bits per heavy atom. The Bertz CT molecular complexity index is 591. The average molecular weight is 296 g/mol. The highest BCUT2D eigenvalue weighted by atomic mass is 32.1. The topological polar surface area (TPSA) is 85.5 Å². The van der Waals surface area contributed by atoms with E-state index in [-0.39, 0.29) is 11.5 Å². The molecule has 1 N–H and O–H groups in total. The van der Waals surface area contributed by atoms with Crippen LogP contribution in [0.4, 0.5) is 0 Å². The normalized spacial score (nSPS) is 10.7. The third kappa shape index (κ3) is 3.36. The van der Waals surface area contributed by atoms with Gasteiger partial charge in [-0.1, -0.05) is 25.4 Å². The van der Waals surface area contributed by atoms with Gasteiger partial charge < -0.3 is 14.4 Å². The van der Waals surface area contributed by atoms with Gasteiger partial charge >= 0.3 is 5.97 Å². The molecule has 0 aliphatic heterocycles. The van der Waals surface area contributed by atoms with E-state index < -0.39 is 5.97 Å². The first kappa shape index (κ1) is 14.5. The number of thiophene rings is 1. The summed E-state index contributed by atoms with van der Waals surface area (Å²) in [7, 11) is 0. The van der Waals surface area contributed by atoms with Crippen LogP contribution in [0.5, 0.6) is 5.75 Å². The largest absolute Gasteiger partial charge is 0.484 e. The maximum atomic E-state index is 11.2. The van der Waals surface area contributed by atoms with Crippen LogP contribution in [0.15, 0.2) is 10.6 Å². The van der Waals surface area contributed by atoms with Gasteiger partial charge in [-0.3, -0.25) is 0 Å². The molecule has 0 bridgehead atoms. The van der Waals surface area contributed by atoms with Crippen LogP contribution in [-0.2, 0) is 19.4 Å². The monoisotopic (exact) mass is 296 g/mol. The molecule has 0 spiro atoms. The lowest BCUT2D eigenvalue weighted by atomic mass is 10.3. The first-order valence-electron chi connectivity index (χ1n) is 6.44. The Kier molecular flexibility index (Phi) is 4.73. The molecule has 0 aromatic carbocycles. The van der Waals surface area contributed by atoms with Crippen molar-refractivity contribution in [3.63, 3.8) is 0 Å². The van der Waals surface area contributed by atoms with Gasteiger partial charge in [0, 0.05) is 11.3 Å². The van der Waals surface area contributed by atoms with Crippen molar-refractivity contribution in [3.8, 4) is 5.75 Å². The summed E-state index contributed by atoms with van der Waals surface area (Å²) >= 11 is 1.25. The first-order valence-corrected chi connectivity index (χ1v) is 7.26. The lowest BCUT2D eigenvalue weighted by Gasteiger charge is -2.01. The molecule has 2 heterocycles. The standard InChI is InChI=1S/C13H16N2O4S/c1-3-5-8-6-9(12(20-8)13(16)17)18-7-10-14-11(4-2)19-15-10/h6H,3-5,7H2,1-2H3,(H,16,17). The smallest absolute Gasteiger partial charge is 0.349 e. The van der Waals surface area contributed by atoms with Crippen molar-refractivity contribution in [2.45, 2.75) is 39.7 Å². The summed E-state index contributed by atoms with van der Waals surface area (Å²) in [6, 6.07) is 1.78. The number of aryl methyl sites for hydroxylation is 2. The fourth-order valence-electron chi connectivity index (χ4n) is 1.68. The van der Waals surface area contributed by atoms with E-state index in [1.54, 1.807) is 6.07 Å². The Labute approximate surface area is 120 Å². The summed E-state index contributed by atoms with van der Waals surface area (Å²) in [5.41, 5.74) is 0. The summed E-state index contributed by atoms with van der Waals surface area (Å²) in [4.78, 5) is 16.5. The molecule has 108 valence electrons. The zero-order chi connectivity index (χ0) is 14.5. The fourth-order valence-corrected chi connectivity index (χ4v) is 2.72. The van der Waals surface area contributed by atoms with E-state index in [4.69, 9.17) is 14.4 Å². The van der Waals surface area contributed by atoms with Gasteiger partial charge in [-0.25, -0.2) is 4.79 Å². The number of rotatable bonds is 7. The maximum absolute atomic E-state index is 11.2. The zero-order valence-corrected chi connectivity index (χ0v) is 12.2. The highest BCUT2D eigenvalue weighted by molar-refractivity contribution is 7.14. The highest BCUT2D eigenvalue weighted by Crippen LogP contribution is 2.30. The molecule has 7 heteroatoms. The van der Waals surface area contributed by atoms with Gasteiger partial charge in [-0.2, -0.15) is 4.98 Å². The van der Waals surface area contributed by atoms with Crippen molar-refractivity contribution >= 4 is 17.3 Å². The highest BCUT2D eigenvalue weighted by Gasteiger charge is 2.17. The summed E-state index contributed by atoms with van der Waals surface area (Å²) in [6.07, 6.45) is 2.46. The van der Waals surface area contributed by atoms with Crippen molar-refractivity contribution in [3.05, 3.63) is 27.5 Å². The molecule has 0 unspecified atom stereocenters. The predicted octanol–water partition coefficient (Wildman–Crippen LogP) is 2.92. The number of hydrogen-bond acceptors (Lipinski definition) is 6. The van der Waals surface area contributed by atoms with E-state index in [1.165, 1.54) is 11.3 Å². The Morgan fingerprint density at radius 1 is 1.50 bits per heavy atom. The van der Waals surface area contributed by atoms with Gasteiger partial charge in [0.25, 0.3) is 0 Å². The van der Waals surface area contributed by atoms with E-state index in [0.717, 1.165) is 17.7 Å². The van der Waals surface area contributed by atoms with Gasteiger partial charge in [-0.05, 0) is 12.5 Å². The molecule has 0 radical (unpaired) electrons. The molecule has 6 nitrogen and oxygen atoms in total. The van der Waals surface area contributed by atoms with Crippen LogP contribution in [0.2, 0.25) is 0 Å². The summed E-state index contributed by atoms with van der Waals surface area (Å²) < 4.78 is 10.5. The molecule has 0 aliphatic rings. The maximum Gasteiger partial charge on any atom is 0.349 e. The van der Waals surface area contributed by atoms with E-state index in [2.05, 4.69) is 10.1 Å². The molecule has 0 saturated carbocycles. The number of hydrogen-bond donors (Lipinski definition) is 1. The van der Waals surface area contributed by atoms with Crippen LogP contribution >= 0.6 is 11.3 Å². The third-order valence-corrected chi connectivity index (χ3v) is 3.77. The first-order chi connectivity index (χ1) is 9.63. The predicted molar refractivity (Wildman–Crippen MR) is 73.3 cm³/mol. The molecule has 0 aliphatic carbocycles. The molecule has 0 fully saturated rings. The number of carboxylic acid groups (broad SMARTS) is 1. The van der Waals surface area contributed by atoms with Crippen molar-refractivity contribution in [1.82, 2.24) is 10.1 Å². The second-order valence-corrected chi connectivity index (χ2v) is 5.34. The number of ether oxygens (including phenoxy) is 1. The lowest BCUT2D eigenvalue weighted by molar-refractivity contribution is 0.0697. The van der Waals surface area contributed by atoms with Crippen molar-refractivity contribution < 1.29 is 19.2 Å². The van der Waals surface area contributed by atoms with Crippen LogP contribution in [0, 0.1) is 0 Å². The lowest BCUT2D eigenvalue weighted by Crippen LogP contribution is -2.01. The number of aromatic nitrogens is 2. The summed E-state index contributed by atoms with van der Waals surface area (Å²) in [5, 5.41) is 12.9. The second kappa shape index (κ2) is 6.51. The van der Waals surface area contributed by atoms with Crippen LogP contribution < -0.4 is 4.74 Å². The van der Waals surface area contributed by atoms with Gasteiger partial charge in [-0.15, -0.1) is 11.3 Å². The van der Waals surface area contributed by atoms with Gasteiger partial charge in [0.1, 0.15) is 5.75 Å². The van der Waals surface area contributed by atoms with Gasteiger partial charge in [0.15, 0.2) is 11.5 Å². The summed E-state index contributed by atoms with van der Waals surface area (Å²) in [6.45, 7) is 4.06. The SMILES string of the molecule is CCCc1cc(OCc2noc(CC)n2)c(C(=O)O)s1. The molecule has 0 amide bonds. The van der Waals surface area contributed by atoms with Crippen LogP contribution in [-0.4, -0.2) is 21.2 Å². The molecule has 2 aromatic heterocycles. The Balaban J connectivity index is 2.09. The van der Waals surface area contributed by atoms with E-state index in [0.29, 0.717) is 23.9 Å². The zero-order valence-electron chi connectivity index (χ0n) is 11.4.